The number of rotatable bonds is 7. The average Bonchev–Trinajstić information content (AvgIpc) is 3.23. The second kappa shape index (κ2) is 8.51. The molecule has 1 atom stereocenters. The molecule has 0 bridgehead atoms. The fourth-order valence-electron chi connectivity index (χ4n) is 2.99. The highest BCUT2D eigenvalue weighted by atomic mass is 16.5. The van der Waals surface area contributed by atoms with Gasteiger partial charge in [0.1, 0.15) is 17.4 Å². The minimum Gasteiger partial charge on any atom is -0.497 e. The average molecular weight is 381 g/mol. The summed E-state index contributed by atoms with van der Waals surface area (Å²) in [7, 11) is 3.18. The second-order valence-electron chi connectivity index (χ2n) is 6.44. The largest absolute Gasteiger partial charge is 0.497 e. The molecule has 0 aliphatic rings. The van der Waals surface area contributed by atoms with Crippen molar-refractivity contribution in [2.45, 2.75) is 26.2 Å². The molecule has 0 fully saturated rings. The number of ether oxygens (including phenoxy) is 2. The first-order valence-electron chi connectivity index (χ1n) is 8.84. The number of benzene rings is 2. The fraction of sp³-hybridized carbons (Fsp3) is 0.300. The molecule has 1 heterocycles. The van der Waals surface area contributed by atoms with Gasteiger partial charge >= 0.3 is 0 Å². The minimum absolute atomic E-state index is 0.222. The molecule has 0 aliphatic carbocycles. The Morgan fingerprint density at radius 1 is 1.18 bits per heavy atom. The van der Waals surface area contributed by atoms with E-state index in [2.05, 4.69) is 25.9 Å². The van der Waals surface area contributed by atoms with E-state index in [0.29, 0.717) is 23.7 Å². The van der Waals surface area contributed by atoms with E-state index in [9.17, 15) is 4.79 Å². The Kier molecular flexibility index (Phi) is 5.88. The van der Waals surface area contributed by atoms with E-state index >= 15 is 0 Å². The van der Waals surface area contributed by atoms with Crippen molar-refractivity contribution in [2.75, 3.05) is 19.5 Å². The zero-order chi connectivity index (χ0) is 20.1. The van der Waals surface area contributed by atoms with E-state index in [-0.39, 0.29) is 5.91 Å². The number of aromatic nitrogens is 4. The van der Waals surface area contributed by atoms with E-state index in [0.717, 1.165) is 22.4 Å². The number of nitrogens with zero attached hydrogens (tertiary/aromatic N) is 3. The van der Waals surface area contributed by atoms with Gasteiger partial charge in [-0.2, -0.15) is 5.21 Å². The van der Waals surface area contributed by atoms with Crippen LogP contribution in [0.25, 0.3) is 0 Å². The van der Waals surface area contributed by atoms with E-state index in [1.807, 2.05) is 50.2 Å². The lowest BCUT2D eigenvalue weighted by Crippen LogP contribution is -2.25. The molecule has 3 rings (SSSR count). The lowest BCUT2D eigenvalue weighted by molar-refractivity contribution is -0.117. The summed E-state index contributed by atoms with van der Waals surface area (Å²) in [5.74, 6) is 0.777. The van der Waals surface area contributed by atoms with Crippen molar-refractivity contribution in [3.05, 3.63) is 58.9 Å². The smallest absolute Gasteiger partial charge is 0.235 e. The summed E-state index contributed by atoms with van der Waals surface area (Å²) >= 11 is 0. The molecule has 8 nitrogen and oxygen atoms in total. The molecule has 0 unspecified atom stereocenters. The van der Waals surface area contributed by atoms with Crippen molar-refractivity contribution in [1.82, 2.24) is 20.6 Å². The molecule has 28 heavy (non-hydrogen) atoms. The number of aryl methyl sites for hydroxylation is 1. The van der Waals surface area contributed by atoms with E-state index in [1.54, 1.807) is 14.2 Å². The Bertz CT molecular complexity index is 956. The number of aromatic amines is 1. The Balaban J connectivity index is 1.92. The summed E-state index contributed by atoms with van der Waals surface area (Å²) in [5, 5.41) is 17.1. The number of tetrazole rings is 1. The molecule has 2 aromatic carbocycles. The molecule has 8 heteroatoms. The van der Waals surface area contributed by atoms with Crippen LogP contribution in [0.4, 0.5) is 5.69 Å². The number of carbonyl (C=O) groups is 1. The highest BCUT2D eigenvalue weighted by molar-refractivity contribution is 5.96. The van der Waals surface area contributed by atoms with Gasteiger partial charge in [0, 0.05) is 5.69 Å². The van der Waals surface area contributed by atoms with Gasteiger partial charge in [-0.1, -0.05) is 17.3 Å². The molecule has 3 aromatic rings. The van der Waals surface area contributed by atoms with Crippen LogP contribution in [-0.2, 0) is 11.2 Å². The maximum Gasteiger partial charge on any atom is 0.235 e. The number of H-pyrrole nitrogens is 1. The first-order chi connectivity index (χ1) is 13.5. The van der Waals surface area contributed by atoms with Crippen LogP contribution in [0.15, 0.2) is 36.4 Å². The molecule has 0 saturated carbocycles. The van der Waals surface area contributed by atoms with Crippen LogP contribution in [0.1, 0.15) is 28.4 Å². The molecule has 0 aliphatic heterocycles. The summed E-state index contributed by atoms with van der Waals surface area (Å²) in [6.45, 7) is 3.97. The third-order valence-corrected chi connectivity index (χ3v) is 4.76. The highest BCUT2D eigenvalue weighted by Crippen LogP contribution is 2.30. The van der Waals surface area contributed by atoms with Crippen LogP contribution in [0.2, 0.25) is 0 Å². The maximum absolute atomic E-state index is 13.1. The highest BCUT2D eigenvalue weighted by Gasteiger charge is 2.27. The van der Waals surface area contributed by atoms with Crippen LogP contribution in [-0.4, -0.2) is 40.8 Å². The van der Waals surface area contributed by atoms with Gasteiger partial charge in [-0.15, -0.1) is 10.2 Å². The zero-order valence-corrected chi connectivity index (χ0v) is 16.3. The molecular formula is C20H23N5O3. The number of methoxy groups -OCH3 is 2. The standard InChI is InChI=1S/C20H23N5O3/c1-12-6-5-7-17(13(12)2)21-20(26)16(19-22-24-25-23-19)11-14-10-15(27-3)8-9-18(14)28-4/h5-10,16H,11H2,1-4H3,(H,21,26)(H,22,23,24,25)/t16-/m0/s1. The van der Waals surface area contributed by atoms with Crippen LogP contribution >= 0.6 is 0 Å². The Labute approximate surface area is 163 Å². The molecule has 0 spiro atoms. The lowest BCUT2D eigenvalue weighted by Gasteiger charge is -2.17. The van der Waals surface area contributed by atoms with E-state index in [4.69, 9.17) is 9.47 Å². The van der Waals surface area contributed by atoms with Crippen molar-refractivity contribution in [3.8, 4) is 11.5 Å². The van der Waals surface area contributed by atoms with Gasteiger partial charge in [-0.25, -0.2) is 0 Å². The van der Waals surface area contributed by atoms with Crippen LogP contribution in [0.5, 0.6) is 11.5 Å². The number of carbonyl (C=O) groups excluding carboxylic acids is 1. The summed E-state index contributed by atoms with van der Waals surface area (Å²) in [6.07, 6.45) is 0.330. The lowest BCUT2D eigenvalue weighted by atomic mass is 9.96. The third-order valence-electron chi connectivity index (χ3n) is 4.76. The summed E-state index contributed by atoms with van der Waals surface area (Å²) in [6, 6.07) is 11.2. The number of amides is 1. The van der Waals surface area contributed by atoms with Gasteiger partial charge in [0.2, 0.25) is 5.91 Å². The van der Waals surface area contributed by atoms with Gasteiger partial charge in [0.25, 0.3) is 0 Å². The number of nitrogens with one attached hydrogen (secondary N) is 2. The fourth-order valence-corrected chi connectivity index (χ4v) is 2.99. The Morgan fingerprint density at radius 2 is 2.00 bits per heavy atom. The number of hydrogen-bond acceptors (Lipinski definition) is 6. The van der Waals surface area contributed by atoms with E-state index in [1.165, 1.54) is 0 Å². The monoisotopic (exact) mass is 381 g/mol. The van der Waals surface area contributed by atoms with Crippen molar-refractivity contribution in [3.63, 3.8) is 0 Å². The van der Waals surface area contributed by atoms with Crippen molar-refractivity contribution >= 4 is 11.6 Å². The SMILES string of the molecule is COc1ccc(OC)c(C[C@H](C(=O)Nc2cccc(C)c2C)c2nn[nH]n2)c1. The van der Waals surface area contributed by atoms with Crippen molar-refractivity contribution in [1.29, 1.82) is 0 Å². The third kappa shape index (κ3) is 4.11. The molecule has 0 radical (unpaired) electrons. The van der Waals surface area contributed by atoms with Crippen LogP contribution in [0, 0.1) is 13.8 Å². The van der Waals surface area contributed by atoms with Crippen molar-refractivity contribution in [2.24, 2.45) is 0 Å². The minimum atomic E-state index is -0.653. The molecule has 1 amide bonds. The van der Waals surface area contributed by atoms with E-state index < -0.39 is 5.92 Å². The molecule has 1 aromatic heterocycles. The zero-order valence-electron chi connectivity index (χ0n) is 16.3. The van der Waals surface area contributed by atoms with Gasteiger partial charge in [-0.05, 0) is 61.2 Å². The molecular weight excluding hydrogens is 358 g/mol. The van der Waals surface area contributed by atoms with Crippen LogP contribution in [0.3, 0.4) is 0 Å². The van der Waals surface area contributed by atoms with Gasteiger partial charge < -0.3 is 14.8 Å². The maximum atomic E-state index is 13.1. The summed E-state index contributed by atoms with van der Waals surface area (Å²) in [5.41, 5.74) is 3.69. The van der Waals surface area contributed by atoms with Gasteiger partial charge in [0.15, 0.2) is 5.82 Å². The molecule has 0 saturated heterocycles. The topological polar surface area (TPSA) is 102 Å². The van der Waals surface area contributed by atoms with Crippen molar-refractivity contribution < 1.29 is 14.3 Å². The Hall–Kier alpha value is -3.42. The second-order valence-corrected chi connectivity index (χ2v) is 6.44. The van der Waals surface area contributed by atoms with Gasteiger partial charge in [-0.3, -0.25) is 4.79 Å². The van der Waals surface area contributed by atoms with Crippen LogP contribution < -0.4 is 14.8 Å². The quantitative estimate of drug-likeness (QED) is 0.652. The first kappa shape index (κ1) is 19.3. The first-order valence-corrected chi connectivity index (χ1v) is 8.84. The molecule has 2 N–H and O–H groups in total. The predicted molar refractivity (Wildman–Crippen MR) is 105 cm³/mol. The predicted octanol–water partition coefficient (Wildman–Crippen LogP) is 2.80. The molecule has 146 valence electrons. The number of hydrogen-bond donors (Lipinski definition) is 2. The normalized spacial score (nSPS) is 11.7. The summed E-state index contributed by atoms with van der Waals surface area (Å²) < 4.78 is 10.8. The number of anilines is 1. The van der Waals surface area contributed by atoms with Gasteiger partial charge in [0.05, 0.1) is 14.2 Å². The summed E-state index contributed by atoms with van der Waals surface area (Å²) in [4.78, 5) is 13.1. The Morgan fingerprint density at radius 3 is 2.68 bits per heavy atom.